The molecule has 3 atom stereocenters. The number of aromatic nitrogens is 2. The fourth-order valence-electron chi connectivity index (χ4n) is 6.30. The molecule has 5 rings (SSSR count). The third kappa shape index (κ3) is 7.93. The largest absolute Gasteiger partial charge is 0.457 e. The van der Waals surface area contributed by atoms with Crippen molar-refractivity contribution in [2.24, 2.45) is 0 Å². The molecular weight excluding hydrogens is 597 g/mol. The first-order valence-electron chi connectivity index (χ1n) is 15.9. The van der Waals surface area contributed by atoms with Gasteiger partial charge in [-0.3, -0.25) is 15.1 Å². The van der Waals surface area contributed by atoms with Crippen LogP contribution in [0.5, 0.6) is 11.5 Å². The number of likely N-dealkylation sites (tertiary alicyclic amines) is 1. The van der Waals surface area contributed by atoms with Crippen molar-refractivity contribution in [2.75, 3.05) is 37.2 Å². The van der Waals surface area contributed by atoms with Crippen molar-refractivity contribution in [1.29, 1.82) is 10.7 Å². The van der Waals surface area contributed by atoms with E-state index in [9.17, 15) is 10.1 Å². The molecule has 1 aromatic heterocycles. The van der Waals surface area contributed by atoms with E-state index in [-0.39, 0.29) is 46.0 Å². The van der Waals surface area contributed by atoms with Crippen LogP contribution in [0.15, 0.2) is 66.5 Å². The Morgan fingerprint density at radius 3 is 2.55 bits per heavy atom. The predicted octanol–water partition coefficient (Wildman–Crippen LogP) is 4.72. The lowest BCUT2D eigenvalue weighted by Gasteiger charge is -2.44. The fraction of sp³-hybridized carbons (Fsp3) is 0.400. The number of rotatable bonds is 9. The first kappa shape index (κ1) is 33.5. The number of benzene rings is 2. The van der Waals surface area contributed by atoms with Crippen LogP contribution >= 0.6 is 0 Å². The summed E-state index contributed by atoms with van der Waals surface area (Å²) in [7, 11) is 0. The highest BCUT2D eigenvalue weighted by Crippen LogP contribution is 2.29. The molecule has 12 heteroatoms. The summed E-state index contributed by atoms with van der Waals surface area (Å²) < 4.78 is 21.1. The number of nitriles is 1. The van der Waals surface area contributed by atoms with Crippen molar-refractivity contribution in [3.63, 3.8) is 0 Å². The number of anilines is 2. The number of carbonyl (C=O) groups excluding carboxylic acids is 1. The van der Waals surface area contributed by atoms with Crippen LogP contribution in [0.25, 0.3) is 0 Å². The maximum absolute atomic E-state index is 15.3. The average molecular weight is 640 g/mol. The van der Waals surface area contributed by atoms with Gasteiger partial charge < -0.3 is 26.0 Å². The summed E-state index contributed by atoms with van der Waals surface area (Å²) in [5.74, 6) is 0.165. The Balaban J connectivity index is 1.31. The Labute approximate surface area is 275 Å². The summed E-state index contributed by atoms with van der Waals surface area (Å²) in [6, 6.07) is 15.8. The van der Waals surface area contributed by atoms with Crippen LogP contribution in [0.2, 0.25) is 0 Å². The van der Waals surface area contributed by atoms with E-state index in [0.717, 1.165) is 13.1 Å². The number of amides is 1. The zero-order valence-electron chi connectivity index (χ0n) is 27.3. The van der Waals surface area contributed by atoms with Gasteiger partial charge in [-0.05, 0) is 70.9 Å². The minimum Gasteiger partial charge on any atom is -0.457 e. The van der Waals surface area contributed by atoms with E-state index in [1.54, 1.807) is 29.2 Å². The second kappa shape index (κ2) is 14.3. The lowest BCUT2D eigenvalue weighted by Crippen LogP contribution is -2.59. The Kier molecular flexibility index (Phi) is 10.2. The molecule has 246 valence electrons. The molecule has 2 fully saturated rings. The molecule has 2 aliphatic rings. The minimum atomic E-state index is -0.657. The monoisotopic (exact) mass is 639 g/mol. The Hall–Kier alpha value is -4.86. The standard InChI is InChI=1S/C35H42FN9O2/c1-22-18-45(19-23(2)42-22)35(3,4)16-24(17-37)34(46)44-14-8-9-25(20-44)43-33-30(32(39)40-21-41-33)31(38)28-13-12-27(15-29(28)36)47-26-10-6-5-7-11-26/h5-7,10-13,15-16,21-23,25,38,42H,8-9,14,18-20H2,1-4H3,(H3,39,40,41,43)/b24-16+,38-31?. The number of nitrogens with one attached hydrogen (secondary N) is 3. The molecular formula is C35H42FN9O2. The predicted molar refractivity (Wildman–Crippen MR) is 180 cm³/mol. The van der Waals surface area contributed by atoms with Crippen molar-refractivity contribution < 1.29 is 13.9 Å². The number of nitrogens with two attached hydrogens (primary N) is 1. The highest BCUT2D eigenvalue weighted by Gasteiger charge is 2.34. The molecule has 0 saturated carbocycles. The summed E-state index contributed by atoms with van der Waals surface area (Å²) in [5, 5.41) is 25.8. The van der Waals surface area contributed by atoms with Crippen molar-refractivity contribution in [3.05, 3.63) is 83.5 Å². The molecule has 0 bridgehead atoms. The number of ether oxygens (including phenoxy) is 1. The van der Waals surface area contributed by atoms with E-state index in [1.165, 1.54) is 18.5 Å². The molecule has 2 saturated heterocycles. The van der Waals surface area contributed by atoms with Gasteiger partial charge in [0.05, 0.1) is 11.3 Å². The third-order valence-electron chi connectivity index (χ3n) is 8.59. The average Bonchev–Trinajstić information content (AvgIpc) is 3.03. The van der Waals surface area contributed by atoms with Crippen LogP contribution in [0.4, 0.5) is 16.0 Å². The quantitative estimate of drug-likeness (QED) is 0.148. The van der Waals surface area contributed by atoms with Gasteiger partial charge in [0, 0.05) is 61.5 Å². The third-order valence-corrected chi connectivity index (χ3v) is 8.59. The smallest absolute Gasteiger partial charge is 0.264 e. The molecule has 47 heavy (non-hydrogen) atoms. The van der Waals surface area contributed by atoms with Crippen LogP contribution in [-0.4, -0.2) is 81.2 Å². The molecule has 2 aromatic carbocycles. The number of piperazine rings is 1. The van der Waals surface area contributed by atoms with Gasteiger partial charge in [-0.15, -0.1) is 0 Å². The van der Waals surface area contributed by atoms with Crippen molar-refractivity contribution in [2.45, 2.75) is 64.2 Å². The van der Waals surface area contributed by atoms with E-state index < -0.39 is 11.4 Å². The van der Waals surface area contributed by atoms with Gasteiger partial charge in [-0.25, -0.2) is 14.4 Å². The molecule has 3 unspecified atom stereocenters. The summed E-state index contributed by atoms with van der Waals surface area (Å²) in [5.41, 5.74) is 5.82. The molecule has 3 aromatic rings. The lowest BCUT2D eigenvalue weighted by atomic mass is 9.95. The lowest BCUT2D eigenvalue weighted by molar-refractivity contribution is -0.127. The first-order valence-corrected chi connectivity index (χ1v) is 15.9. The molecule has 3 heterocycles. The number of carbonyl (C=O) groups is 1. The van der Waals surface area contributed by atoms with Crippen molar-refractivity contribution in [3.8, 4) is 17.6 Å². The zero-order valence-corrected chi connectivity index (χ0v) is 27.3. The molecule has 2 aliphatic heterocycles. The highest BCUT2D eigenvalue weighted by molar-refractivity contribution is 6.16. The van der Waals surface area contributed by atoms with E-state index in [2.05, 4.69) is 45.4 Å². The number of nitrogens with zero attached hydrogens (tertiary/aromatic N) is 5. The summed E-state index contributed by atoms with van der Waals surface area (Å²) in [6.45, 7) is 10.8. The van der Waals surface area contributed by atoms with Crippen LogP contribution in [-0.2, 0) is 4.79 Å². The molecule has 0 spiro atoms. The second-order valence-electron chi connectivity index (χ2n) is 12.8. The number of halogens is 1. The molecule has 5 N–H and O–H groups in total. The van der Waals surface area contributed by atoms with Gasteiger partial charge in [0.15, 0.2) is 0 Å². The normalized spacial score (nSPS) is 20.7. The van der Waals surface area contributed by atoms with Crippen LogP contribution in [0.3, 0.4) is 0 Å². The van der Waals surface area contributed by atoms with Crippen molar-refractivity contribution >= 4 is 23.3 Å². The van der Waals surface area contributed by atoms with Crippen molar-refractivity contribution in [1.82, 2.24) is 25.1 Å². The molecule has 0 aliphatic carbocycles. The van der Waals surface area contributed by atoms with Gasteiger partial charge in [0.25, 0.3) is 5.91 Å². The minimum absolute atomic E-state index is 0.00935. The topological polar surface area (TPSA) is 156 Å². The Bertz CT molecular complexity index is 1680. The SMILES string of the molecule is CC1CN(C(C)(C)/C=C(\C#N)C(=O)N2CCCC(Nc3ncnc(N)c3C(=N)c3ccc(Oc4ccccc4)cc3F)C2)CC(C)N1. The maximum Gasteiger partial charge on any atom is 0.264 e. The van der Waals surface area contributed by atoms with Gasteiger partial charge in [0.2, 0.25) is 0 Å². The van der Waals surface area contributed by atoms with Crippen LogP contribution in [0.1, 0.15) is 51.7 Å². The fourth-order valence-corrected chi connectivity index (χ4v) is 6.30. The summed E-state index contributed by atoms with van der Waals surface area (Å²) in [4.78, 5) is 26.0. The number of hydrogen-bond acceptors (Lipinski definition) is 10. The van der Waals surface area contributed by atoms with Crippen LogP contribution < -0.4 is 21.1 Å². The van der Waals surface area contributed by atoms with E-state index in [4.69, 9.17) is 15.9 Å². The Morgan fingerprint density at radius 2 is 1.87 bits per heavy atom. The van der Waals surface area contributed by atoms with Crippen LogP contribution in [0, 0.1) is 22.6 Å². The van der Waals surface area contributed by atoms with E-state index >= 15 is 4.39 Å². The van der Waals surface area contributed by atoms with Gasteiger partial charge in [-0.1, -0.05) is 18.2 Å². The summed E-state index contributed by atoms with van der Waals surface area (Å²) in [6.07, 6.45) is 4.48. The van der Waals surface area contributed by atoms with Gasteiger partial charge >= 0.3 is 0 Å². The molecule has 0 radical (unpaired) electrons. The maximum atomic E-state index is 15.3. The van der Waals surface area contributed by atoms with E-state index in [1.807, 2.05) is 32.0 Å². The number of hydrogen-bond donors (Lipinski definition) is 4. The highest BCUT2D eigenvalue weighted by atomic mass is 19.1. The first-order chi connectivity index (χ1) is 22.4. The van der Waals surface area contributed by atoms with E-state index in [0.29, 0.717) is 49.5 Å². The molecule has 11 nitrogen and oxygen atoms in total. The van der Waals surface area contributed by atoms with Gasteiger partial charge in [0.1, 0.15) is 46.9 Å². The number of piperidine rings is 1. The Morgan fingerprint density at radius 1 is 1.15 bits per heavy atom. The molecule has 1 amide bonds. The number of para-hydroxylation sites is 1. The zero-order chi connectivity index (χ0) is 33.7. The summed E-state index contributed by atoms with van der Waals surface area (Å²) >= 11 is 0. The number of nitrogen functional groups attached to an aromatic ring is 1. The second-order valence-corrected chi connectivity index (χ2v) is 12.8. The van der Waals surface area contributed by atoms with Gasteiger partial charge in [-0.2, -0.15) is 5.26 Å².